The fraction of sp³-hybridized carbons (Fsp3) is 0.500. The second-order valence-corrected chi connectivity index (χ2v) is 4.38. The van der Waals surface area contributed by atoms with Crippen LogP contribution in [0.2, 0.25) is 0 Å². The molecule has 0 radical (unpaired) electrons. The molecule has 2 heterocycles. The first-order chi connectivity index (χ1) is 8.20. The van der Waals surface area contributed by atoms with E-state index in [0.29, 0.717) is 11.6 Å². The highest BCUT2D eigenvalue weighted by atomic mass is 16.3. The maximum atomic E-state index is 10.9. The molecule has 1 aliphatic heterocycles. The zero-order valence-electron chi connectivity index (χ0n) is 9.67. The Morgan fingerprint density at radius 1 is 1.47 bits per heavy atom. The highest BCUT2D eigenvalue weighted by Crippen LogP contribution is 2.22. The lowest BCUT2D eigenvalue weighted by Gasteiger charge is -2.32. The van der Waals surface area contributed by atoms with E-state index in [1.165, 1.54) is 0 Å². The van der Waals surface area contributed by atoms with Crippen LogP contribution in [0.5, 0.6) is 0 Å². The minimum absolute atomic E-state index is 0.271. The van der Waals surface area contributed by atoms with Crippen molar-refractivity contribution in [2.24, 2.45) is 11.7 Å². The van der Waals surface area contributed by atoms with Crippen molar-refractivity contribution in [3.63, 3.8) is 0 Å². The Morgan fingerprint density at radius 2 is 2.18 bits per heavy atom. The SMILES string of the molecule is NC(=O)c1ccc(N2CCC(CO)CC2)cn1. The molecule has 0 unspecified atom stereocenters. The number of carbonyl (C=O) groups excluding carboxylic acids is 1. The van der Waals surface area contributed by atoms with E-state index in [4.69, 9.17) is 10.8 Å². The number of carbonyl (C=O) groups is 1. The average Bonchev–Trinajstić information content (AvgIpc) is 2.39. The highest BCUT2D eigenvalue weighted by molar-refractivity contribution is 5.90. The molecule has 92 valence electrons. The van der Waals surface area contributed by atoms with Crippen LogP contribution in [-0.4, -0.2) is 35.7 Å². The number of nitrogens with two attached hydrogens (primary N) is 1. The van der Waals surface area contributed by atoms with Crippen molar-refractivity contribution < 1.29 is 9.90 Å². The summed E-state index contributed by atoms with van der Waals surface area (Å²) in [7, 11) is 0. The van der Waals surface area contributed by atoms with Gasteiger partial charge in [0.05, 0.1) is 11.9 Å². The van der Waals surface area contributed by atoms with Gasteiger partial charge in [-0.1, -0.05) is 0 Å². The van der Waals surface area contributed by atoms with Crippen LogP contribution in [0.1, 0.15) is 23.3 Å². The molecule has 0 aromatic carbocycles. The molecule has 17 heavy (non-hydrogen) atoms. The van der Waals surface area contributed by atoms with Crippen LogP contribution in [0.25, 0.3) is 0 Å². The first-order valence-corrected chi connectivity index (χ1v) is 5.82. The van der Waals surface area contributed by atoms with Crippen LogP contribution in [0.4, 0.5) is 5.69 Å². The van der Waals surface area contributed by atoms with Crippen molar-refractivity contribution in [1.82, 2.24) is 4.98 Å². The van der Waals surface area contributed by atoms with E-state index in [1.807, 2.05) is 6.07 Å². The Bertz CT molecular complexity index is 383. The molecule has 1 aliphatic rings. The molecule has 0 spiro atoms. The molecule has 1 aromatic heterocycles. The Labute approximate surface area is 100 Å². The summed E-state index contributed by atoms with van der Waals surface area (Å²) in [4.78, 5) is 17.1. The number of pyridine rings is 1. The molecular weight excluding hydrogens is 218 g/mol. The van der Waals surface area contributed by atoms with Crippen LogP contribution in [0, 0.1) is 5.92 Å². The third kappa shape index (κ3) is 2.74. The highest BCUT2D eigenvalue weighted by Gasteiger charge is 2.18. The largest absolute Gasteiger partial charge is 0.396 e. The predicted molar refractivity (Wildman–Crippen MR) is 64.8 cm³/mol. The number of hydrogen-bond donors (Lipinski definition) is 2. The van der Waals surface area contributed by atoms with Crippen molar-refractivity contribution in [2.45, 2.75) is 12.8 Å². The average molecular weight is 235 g/mol. The van der Waals surface area contributed by atoms with Gasteiger partial charge in [0.1, 0.15) is 5.69 Å². The van der Waals surface area contributed by atoms with Crippen LogP contribution < -0.4 is 10.6 Å². The molecule has 0 atom stereocenters. The number of anilines is 1. The molecule has 5 heteroatoms. The summed E-state index contributed by atoms with van der Waals surface area (Å²) in [5, 5.41) is 9.06. The Morgan fingerprint density at radius 3 is 2.65 bits per heavy atom. The number of aromatic nitrogens is 1. The van der Waals surface area contributed by atoms with Crippen molar-refractivity contribution in [3.05, 3.63) is 24.0 Å². The number of primary amides is 1. The molecule has 0 aliphatic carbocycles. The van der Waals surface area contributed by atoms with Crippen molar-refractivity contribution in [1.29, 1.82) is 0 Å². The monoisotopic (exact) mass is 235 g/mol. The first kappa shape index (κ1) is 11.9. The Hall–Kier alpha value is -1.62. The topological polar surface area (TPSA) is 79.5 Å². The maximum Gasteiger partial charge on any atom is 0.267 e. The second-order valence-electron chi connectivity index (χ2n) is 4.38. The summed E-state index contributed by atoms with van der Waals surface area (Å²) in [5.74, 6) is -0.0837. The number of hydrogen-bond acceptors (Lipinski definition) is 4. The number of rotatable bonds is 3. The van der Waals surface area contributed by atoms with E-state index < -0.39 is 5.91 Å². The molecule has 1 amide bonds. The molecule has 0 saturated carbocycles. The van der Waals surface area contributed by atoms with E-state index in [2.05, 4.69) is 9.88 Å². The number of aliphatic hydroxyl groups is 1. The second kappa shape index (κ2) is 5.14. The van der Waals surface area contributed by atoms with Gasteiger partial charge in [0.2, 0.25) is 0 Å². The molecular formula is C12H17N3O2. The third-order valence-electron chi connectivity index (χ3n) is 3.24. The summed E-state index contributed by atoms with van der Waals surface area (Å²) in [6.45, 7) is 2.11. The van der Waals surface area contributed by atoms with Gasteiger partial charge in [0.25, 0.3) is 5.91 Å². The lowest BCUT2D eigenvalue weighted by Crippen LogP contribution is -2.34. The summed E-state index contributed by atoms with van der Waals surface area (Å²) in [6.07, 6.45) is 3.67. The Kier molecular flexibility index (Phi) is 3.58. The molecule has 0 bridgehead atoms. The number of nitrogens with zero attached hydrogens (tertiary/aromatic N) is 2. The van der Waals surface area contributed by atoms with Crippen LogP contribution in [0.15, 0.2) is 18.3 Å². The summed E-state index contributed by atoms with van der Waals surface area (Å²) in [6, 6.07) is 3.52. The fourth-order valence-electron chi connectivity index (χ4n) is 2.09. The molecule has 1 aromatic rings. The maximum absolute atomic E-state index is 10.9. The zero-order chi connectivity index (χ0) is 12.3. The van der Waals surface area contributed by atoms with Crippen LogP contribution in [-0.2, 0) is 0 Å². The van der Waals surface area contributed by atoms with Crippen LogP contribution in [0.3, 0.4) is 0 Å². The van der Waals surface area contributed by atoms with E-state index in [9.17, 15) is 4.79 Å². The first-order valence-electron chi connectivity index (χ1n) is 5.82. The molecule has 3 N–H and O–H groups in total. The lowest BCUT2D eigenvalue weighted by atomic mass is 9.98. The predicted octanol–water partition coefficient (Wildman–Crippen LogP) is 0.389. The summed E-state index contributed by atoms with van der Waals surface area (Å²) < 4.78 is 0. The summed E-state index contributed by atoms with van der Waals surface area (Å²) >= 11 is 0. The minimum Gasteiger partial charge on any atom is -0.396 e. The quantitative estimate of drug-likeness (QED) is 0.794. The van der Waals surface area contributed by atoms with Gasteiger partial charge in [-0.25, -0.2) is 4.98 Å². The fourth-order valence-corrected chi connectivity index (χ4v) is 2.09. The van der Waals surface area contributed by atoms with Gasteiger partial charge in [-0.3, -0.25) is 4.79 Å². The zero-order valence-corrected chi connectivity index (χ0v) is 9.67. The minimum atomic E-state index is -0.504. The Balaban J connectivity index is 2.01. The van der Waals surface area contributed by atoms with Gasteiger partial charge in [-0.2, -0.15) is 0 Å². The number of aliphatic hydroxyl groups excluding tert-OH is 1. The van der Waals surface area contributed by atoms with Crippen molar-refractivity contribution in [2.75, 3.05) is 24.6 Å². The van der Waals surface area contributed by atoms with Crippen molar-refractivity contribution in [3.8, 4) is 0 Å². The third-order valence-corrected chi connectivity index (χ3v) is 3.24. The normalized spacial score (nSPS) is 17.1. The van der Waals surface area contributed by atoms with E-state index in [0.717, 1.165) is 31.6 Å². The number of piperidine rings is 1. The molecule has 1 saturated heterocycles. The molecule has 1 fully saturated rings. The number of amides is 1. The van der Waals surface area contributed by atoms with E-state index in [1.54, 1.807) is 12.3 Å². The molecule has 5 nitrogen and oxygen atoms in total. The van der Waals surface area contributed by atoms with Gasteiger partial charge in [0.15, 0.2) is 0 Å². The van der Waals surface area contributed by atoms with Crippen LogP contribution >= 0.6 is 0 Å². The lowest BCUT2D eigenvalue weighted by molar-refractivity contribution is 0.0995. The van der Waals surface area contributed by atoms with Gasteiger partial charge < -0.3 is 15.7 Å². The van der Waals surface area contributed by atoms with Crippen molar-refractivity contribution >= 4 is 11.6 Å². The van der Waals surface area contributed by atoms with Gasteiger partial charge in [0, 0.05) is 19.7 Å². The standard InChI is InChI=1S/C12H17N3O2/c13-12(17)11-2-1-10(7-14-11)15-5-3-9(8-16)4-6-15/h1-2,7,9,16H,3-6,8H2,(H2,13,17). The molecule has 2 rings (SSSR count). The van der Waals surface area contributed by atoms with E-state index >= 15 is 0 Å². The van der Waals surface area contributed by atoms with Gasteiger partial charge in [-0.15, -0.1) is 0 Å². The van der Waals surface area contributed by atoms with Gasteiger partial charge in [-0.05, 0) is 30.9 Å². The van der Waals surface area contributed by atoms with Gasteiger partial charge >= 0.3 is 0 Å². The smallest absolute Gasteiger partial charge is 0.267 e. The summed E-state index contributed by atoms with van der Waals surface area (Å²) in [5.41, 5.74) is 6.43. The van der Waals surface area contributed by atoms with E-state index in [-0.39, 0.29) is 6.61 Å².